The molecule has 0 saturated carbocycles. The van der Waals surface area contributed by atoms with Gasteiger partial charge in [-0.15, -0.1) is 0 Å². The van der Waals surface area contributed by atoms with E-state index in [0.717, 1.165) is 17.4 Å². The van der Waals surface area contributed by atoms with Gasteiger partial charge < -0.3 is 4.79 Å². The van der Waals surface area contributed by atoms with Crippen molar-refractivity contribution in [3.05, 3.63) is 70.2 Å². The van der Waals surface area contributed by atoms with Gasteiger partial charge in [-0.1, -0.05) is 53.6 Å². The molecule has 1 unspecified atom stereocenters. The van der Waals surface area contributed by atoms with E-state index in [-0.39, 0.29) is 5.92 Å². The predicted molar refractivity (Wildman–Crippen MR) is 75.1 cm³/mol. The second kappa shape index (κ2) is 5.83. The Kier molecular flexibility index (Phi) is 4.16. The monoisotopic (exact) mass is 258 g/mol. The highest BCUT2D eigenvalue weighted by atomic mass is 35.5. The van der Waals surface area contributed by atoms with Crippen molar-refractivity contribution in [3.63, 3.8) is 0 Å². The molecule has 2 aromatic rings. The molecule has 0 aliphatic carbocycles. The number of aryl methyl sites for hydroxylation is 1. The Morgan fingerprint density at radius 3 is 2.61 bits per heavy atom. The molecule has 0 amide bonds. The number of halogens is 1. The smallest absolute Gasteiger partial charge is 0.127 e. The molecular weight excluding hydrogens is 244 g/mol. The van der Waals surface area contributed by atoms with Crippen molar-refractivity contribution in [2.45, 2.75) is 19.3 Å². The van der Waals surface area contributed by atoms with Crippen LogP contribution in [0.4, 0.5) is 0 Å². The molecule has 0 heterocycles. The van der Waals surface area contributed by atoms with Gasteiger partial charge in [0.25, 0.3) is 0 Å². The summed E-state index contributed by atoms with van der Waals surface area (Å²) in [6, 6.07) is 15.7. The minimum atomic E-state index is -0.108. The van der Waals surface area contributed by atoms with Crippen molar-refractivity contribution in [1.82, 2.24) is 0 Å². The summed E-state index contributed by atoms with van der Waals surface area (Å²) in [5.74, 6) is -0.108. The van der Waals surface area contributed by atoms with Crippen LogP contribution >= 0.6 is 11.6 Å². The number of aldehydes is 1. The number of rotatable bonds is 4. The van der Waals surface area contributed by atoms with Crippen LogP contribution < -0.4 is 0 Å². The summed E-state index contributed by atoms with van der Waals surface area (Å²) in [6.45, 7) is 2.03. The summed E-state index contributed by atoms with van der Waals surface area (Å²) in [5, 5.41) is 0.710. The predicted octanol–water partition coefficient (Wildman–Crippen LogP) is 4.17. The van der Waals surface area contributed by atoms with Crippen molar-refractivity contribution < 1.29 is 4.79 Å². The van der Waals surface area contributed by atoms with Gasteiger partial charge in [0.15, 0.2) is 0 Å². The number of hydrogen-bond acceptors (Lipinski definition) is 1. The fourth-order valence-corrected chi connectivity index (χ4v) is 2.28. The van der Waals surface area contributed by atoms with E-state index in [1.165, 1.54) is 5.56 Å². The standard InChI is InChI=1S/C16H15ClO/c1-12-4-2-6-14(8-12)15(11-18)9-13-5-3-7-16(17)10-13/h2-8,10-11,15H,9H2,1H3. The Balaban J connectivity index is 2.22. The highest BCUT2D eigenvalue weighted by molar-refractivity contribution is 6.30. The van der Waals surface area contributed by atoms with E-state index in [1.54, 1.807) is 0 Å². The lowest BCUT2D eigenvalue weighted by Gasteiger charge is -2.11. The van der Waals surface area contributed by atoms with Gasteiger partial charge in [-0.2, -0.15) is 0 Å². The van der Waals surface area contributed by atoms with E-state index in [9.17, 15) is 4.79 Å². The topological polar surface area (TPSA) is 17.1 Å². The average molecular weight is 259 g/mol. The van der Waals surface area contributed by atoms with Crippen molar-refractivity contribution in [2.24, 2.45) is 0 Å². The summed E-state index contributed by atoms with van der Waals surface area (Å²) in [7, 11) is 0. The minimum absolute atomic E-state index is 0.108. The minimum Gasteiger partial charge on any atom is -0.303 e. The van der Waals surface area contributed by atoms with Gasteiger partial charge in [-0.3, -0.25) is 0 Å². The van der Waals surface area contributed by atoms with E-state index in [2.05, 4.69) is 6.07 Å². The number of hydrogen-bond donors (Lipinski definition) is 0. The molecule has 1 atom stereocenters. The molecule has 2 rings (SSSR count). The third-order valence-corrected chi connectivity index (χ3v) is 3.21. The number of carbonyl (C=O) groups excluding carboxylic acids is 1. The maximum absolute atomic E-state index is 11.3. The second-order valence-electron chi connectivity index (χ2n) is 4.49. The molecule has 0 saturated heterocycles. The van der Waals surface area contributed by atoms with Crippen LogP contribution in [0.25, 0.3) is 0 Å². The summed E-state index contributed by atoms with van der Waals surface area (Å²) in [5.41, 5.74) is 3.32. The Morgan fingerprint density at radius 1 is 1.17 bits per heavy atom. The molecule has 0 radical (unpaired) electrons. The Labute approximate surface area is 112 Å². The molecule has 1 nitrogen and oxygen atoms in total. The highest BCUT2D eigenvalue weighted by Gasteiger charge is 2.11. The zero-order valence-corrected chi connectivity index (χ0v) is 11.0. The normalized spacial score (nSPS) is 12.1. The van der Waals surface area contributed by atoms with E-state index in [4.69, 9.17) is 11.6 Å². The fourth-order valence-electron chi connectivity index (χ4n) is 2.06. The van der Waals surface area contributed by atoms with Crippen LogP contribution in [0, 0.1) is 6.92 Å². The van der Waals surface area contributed by atoms with Crippen LogP contribution in [-0.2, 0) is 11.2 Å². The van der Waals surface area contributed by atoms with Gasteiger partial charge in [-0.25, -0.2) is 0 Å². The zero-order valence-electron chi connectivity index (χ0n) is 10.3. The van der Waals surface area contributed by atoms with Gasteiger partial charge in [-0.05, 0) is 36.6 Å². The van der Waals surface area contributed by atoms with E-state index in [1.807, 2.05) is 49.4 Å². The summed E-state index contributed by atoms with van der Waals surface area (Å²) >= 11 is 5.95. The molecule has 0 aliphatic heterocycles. The quantitative estimate of drug-likeness (QED) is 0.752. The van der Waals surface area contributed by atoms with Crippen molar-refractivity contribution in [1.29, 1.82) is 0 Å². The maximum Gasteiger partial charge on any atom is 0.127 e. The first-order valence-electron chi connectivity index (χ1n) is 5.95. The third kappa shape index (κ3) is 3.21. The van der Waals surface area contributed by atoms with Gasteiger partial charge in [0.05, 0.1) is 0 Å². The SMILES string of the molecule is Cc1cccc(C(C=O)Cc2cccc(Cl)c2)c1. The summed E-state index contributed by atoms with van der Waals surface area (Å²) in [6.07, 6.45) is 1.70. The van der Waals surface area contributed by atoms with Crippen molar-refractivity contribution >= 4 is 17.9 Å². The maximum atomic E-state index is 11.3. The molecular formula is C16H15ClO. The van der Waals surface area contributed by atoms with Crippen molar-refractivity contribution in [2.75, 3.05) is 0 Å². The van der Waals surface area contributed by atoms with E-state index >= 15 is 0 Å². The number of carbonyl (C=O) groups is 1. The molecule has 0 aliphatic rings. The van der Waals surface area contributed by atoms with Gasteiger partial charge in [0, 0.05) is 10.9 Å². The van der Waals surface area contributed by atoms with E-state index in [0.29, 0.717) is 11.4 Å². The van der Waals surface area contributed by atoms with Gasteiger partial charge in [0.1, 0.15) is 6.29 Å². The third-order valence-electron chi connectivity index (χ3n) is 2.98. The first-order chi connectivity index (χ1) is 8.69. The largest absolute Gasteiger partial charge is 0.303 e. The fraction of sp³-hybridized carbons (Fsp3) is 0.188. The van der Waals surface area contributed by atoms with E-state index < -0.39 is 0 Å². The Hall–Kier alpha value is -1.60. The van der Waals surface area contributed by atoms with Crippen LogP contribution in [0.2, 0.25) is 5.02 Å². The Bertz CT molecular complexity index is 548. The van der Waals surface area contributed by atoms with Crippen LogP contribution in [-0.4, -0.2) is 6.29 Å². The summed E-state index contributed by atoms with van der Waals surface area (Å²) < 4.78 is 0. The summed E-state index contributed by atoms with van der Waals surface area (Å²) in [4.78, 5) is 11.3. The number of benzene rings is 2. The first-order valence-corrected chi connectivity index (χ1v) is 6.33. The zero-order chi connectivity index (χ0) is 13.0. The van der Waals surface area contributed by atoms with Crippen LogP contribution in [0.3, 0.4) is 0 Å². The highest BCUT2D eigenvalue weighted by Crippen LogP contribution is 2.21. The molecule has 2 heteroatoms. The average Bonchev–Trinajstić information content (AvgIpc) is 2.36. The lowest BCUT2D eigenvalue weighted by Crippen LogP contribution is -2.04. The molecule has 0 aromatic heterocycles. The molecule has 0 spiro atoms. The van der Waals surface area contributed by atoms with Gasteiger partial charge in [0.2, 0.25) is 0 Å². The van der Waals surface area contributed by atoms with Crippen molar-refractivity contribution in [3.8, 4) is 0 Å². The molecule has 18 heavy (non-hydrogen) atoms. The molecule has 0 N–H and O–H groups in total. The molecule has 2 aromatic carbocycles. The lowest BCUT2D eigenvalue weighted by molar-refractivity contribution is -0.109. The van der Waals surface area contributed by atoms with Crippen LogP contribution in [0.1, 0.15) is 22.6 Å². The van der Waals surface area contributed by atoms with Crippen LogP contribution in [0.5, 0.6) is 0 Å². The molecule has 0 bridgehead atoms. The second-order valence-corrected chi connectivity index (χ2v) is 4.93. The molecule has 0 fully saturated rings. The van der Waals surface area contributed by atoms with Gasteiger partial charge >= 0.3 is 0 Å². The molecule has 92 valence electrons. The first kappa shape index (κ1) is 12.8. The Morgan fingerprint density at radius 2 is 1.94 bits per heavy atom. The van der Waals surface area contributed by atoms with Crippen LogP contribution in [0.15, 0.2) is 48.5 Å². The lowest BCUT2D eigenvalue weighted by atomic mass is 9.92.